The van der Waals surface area contributed by atoms with Gasteiger partial charge in [0.25, 0.3) is 0 Å². The number of pyridine rings is 1. The van der Waals surface area contributed by atoms with Gasteiger partial charge in [-0.1, -0.05) is 170 Å². The Hall–Kier alpha value is -7.23. The Kier molecular flexibility index (Phi) is 7.81. The number of rotatable bonds is 6. The van der Waals surface area contributed by atoms with Crippen molar-refractivity contribution in [2.75, 3.05) is 0 Å². The van der Waals surface area contributed by atoms with Crippen LogP contribution in [0.4, 0.5) is 0 Å². The summed E-state index contributed by atoms with van der Waals surface area (Å²) in [7, 11) is 0. The average Bonchev–Trinajstić information content (AvgIpc) is 3.26. The normalized spacial score (nSPS) is 11.3. The van der Waals surface area contributed by atoms with Crippen molar-refractivity contribution in [3.63, 3.8) is 0 Å². The molecule has 0 amide bonds. The predicted octanol–water partition coefficient (Wildman–Crippen LogP) is 13.3. The lowest BCUT2D eigenvalue weighted by Gasteiger charge is -2.14. The minimum atomic E-state index is 0.684. The molecule has 252 valence electrons. The third-order valence-corrected chi connectivity index (χ3v) is 10.2. The van der Waals surface area contributed by atoms with Crippen LogP contribution in [0.15, 0.2) is 200 Å². The van der Waals surface area contributed by atoms with E-state index in [0.29, 0.717) is 5.82 Å². The summed E-state index contributed by atoms with van der Waals surface area (Å²) in [6.45, 7) is 0. The molecule has 3 nitrogen and oxygen atoms in total. The van der Waals surface area contributed by atoms with Crippen molar-refractivity contribution in [3.8, 4) is 67.4 Å². The smallest absolute Gasteiger partial charge is 0.160 e. The Bertz CT molecular complexity index is 2970. The largest absolute Gasteiger partial charge is 0.247 e. The van der Waals surface area contributed by atoms with Gasteiger partial charge in [-0.15, -0.1) is 0 Å². The second-order valence-corrected chi connectivity index (χ2v) is 13.6. The van der Waals surface area contributed by atoms with E-state index in [1.807, 2.05) is 12.1 Å². The second kappa shape index (κ2) is 13.4. The number of para-hydroxylation sites is 1. The Morgan fingerprint density at radius 1 is 0.278 bits per heavy atom. The van der Waals surface area contributed by atoms with Crippen LogP contribution in [0.3, 0.4) is 0 Å². The summed E-state index contributed by atoms with van der Waals surface area (Å²) >= 11 is 0. The van der Waals surface area contributed by atoms with Crippen molar-refractivity contribution < 1.29 is 0 Å². The average molecular weight is 688 g/mol. The number of benzene rings is 8. The summed E-state index contributed by atoms with van der Waals surface area (Å²) in [4.78, 5) is 15.6. The fraction of sp³-hybridized carbons (Fsp3) is 0. The topological polar surface area (TPSA) is 38.7 Å². The summed E-state index contributed by atoms with van der Waals surface area (Å²) in [6, 6.07) is 70.3. The van der Waals surface area contributed by atoms with E-state index < -0.39 is 0 Å². The summed E-state index contributed by atoms with van der Waals surface area (Å²) in [5.74, 6) is 0.684. The molecule has 0 aliphatic heterocycles. The molecular weight excluding hydrogens is 655 g/mol. The molecule has 0 spiro atoms. The predicted molar refractivity (Wildman–Crippen MR) is 225 cm³/mol. The minimum Gasteiger partial charge on any atom is -0.247 e. The van der Waals surface area contributed by atoms with Crippen molar-refractivity contribution in [1.29, 1.82) is 0 Å². The molecule has 10 aromatic rings. The fourth-order valence-corrected chi connectivity index (χ4v) is 7.60. The van der Waals surface area contributed by atoms with Crippen molar-refractivity contribution in [2.24, 2.45) is 0 Å². The number of hydrogen-bond donors (Lipinski definition) is 0. The number of hydrogen-bond acceptors (Lipinski definition) is 3. The highest BCUT2D eigenvalue weighted by atomic mass is 14.9. The molecule has 0 radical (unpaired) electrons. The van der Waals surface area contributed by atoms with Crippen molar-refractivity contribution in [1.82, 2.24) is 15.0 Å². The highest BCUT2D eigenvalue weighted by molar-refractivity contribution is 6.22. The van der Waals surface area contributed by atoms with Crippen LogP contribution in [0.1, 0.15) is 0 Å². The SMILES string of the molecule is c1ccc(-c2cccc(-c3cc(-c4ccccc4)nc(-c4cccc(-c5cccc(-c6nc7ccccc7c7c6ccc6ccccc67)c5)c4)n3)c2)cc1. The Morgan fingerprint density at radius 2 is 0.796 bits per heavy atom. The molecule has 10 rings (SSSR count). The summed E-state index contributed by atoms with van der Waals surface area (Å²) in [5, 5.41) is 6.02. The zero-order valence-electron chi connectivity index (χ0n) is 29.4. The van der Waals surface area contributed by atoms with Crippen LogP contribution in [0.25, 0.3) is 99.9 Å². The van der Waals surface area contributed by atoms with E-state index in [1.165, 1.54) is 27.1 Å². The molecule has 0 aliphatic rings. The van der Waals surface area contributed by atoms with Gasteiger partial charge < -0.3 is 0 Å². The van der Waals surface area contributed by atoms with Crippen LogP contribution < -0.4 is 0 Å². The quantitative estimate of drug-likeness (QED) is 0.163. The monoisotopic (exact) mass is 687 g/mol. The molecule has 0 N–H and O–H groups in total. The maximum atomic E-state index is 5.26. The minimum absolute atomic E-state index is 0.684. The summed E-state index contributed by atoms with van der Waals surface area (Å²) in [6.07, 6.45) is 0. The number of aromatic nitrogens is 3. The van der Waals surface area contributed by atoms with Gasteiger partial charge in [0.05, 0.1) is 22.6 Å². The van der Waals surface area contributed by atoms with Crippen LogP contribution >= 0.6 is 0 Å². The van der Waals surface area contributed by atoms with Crippen molar-refractivity contribution in [2.45, 2.75) is 0 Å². The maximum Gasteiger partial charge on any atom is 0.160 e. The van der Waals surface area contributed by atoms with Gasteiger partial charge in [-0.3, -0.25) is 0 Å². The molecule has 0 unspecified atom stereocenters. The molecule has 0 bridgehead atoms. The zero-order chi connectivity index (χ0) is 35.8. The molecule has 2 aromatic heterocycles. The van der Waals surface area contributed by atoms with E-state index >= 15 is 0 Å². The van der Waals surface area contributed by atoms with E-state index in [-0.39, 0.29) is 0 Å². The van der Waals surface area contributed by atoms with E-state index in [0.717, 1.165) is 66.9 Å². The van der Waals surface area contributed by atoms with Crippen molar-refractivity contribution >= 4 is 32.4 Å². The third kappa shape index (κ3) is 5.78. The van der Waals surface area contributed by atoms with Gasteiger partial charge in [-0.2, -0.15) is 0 Å². The Balaban J connectivity index is 1.09. The van der Waals surface area contributed by atoms with Crippen LogP contribution in [0.5, 0.6) is 0 Å². The zero-order valence-corrected chi connectivity index (χ0v) is 29.4. The lowest BCUT2D eigenvalue weighted by molar-refractivity contribution is 1.18. The highest BCUT2D eigenvalue weighted by Gasteiger charge is 2.15. The van der Waals surface area contributed by atoms with E-state index in [9.17, 15) is 0 Å². The van der Waals surface area contributed by atoms with Crippen LogP contribution in [-0.4, -0.2) is 15.0 Å². The van der Waals surface area contributed by atoms with E-state index in [1.54, 1.807) is 0 Å². The maximum absolute atomic E-state index is 5.26. The molecule has 54 heavy (non-hydrogen) atoms. The van der Waals surface area contributed by atoms with Gasteiger partial charge in [0, 0.05) is 38.4 Å². The highest BCUT2D eigenvalue weighted by Crippen LogP contribution is 2.38. The van der Waals surface area contributed by atoms with Crippen LogP contribution in [0, 0.1) is 0 Å². The van der Waals surface area contributed by atoms with Gasteiger partial charge in [-0.25, -0.2) is 15.0 Å². The van der Waals surface area contributed by atoms with Crippen LogP contribution in [0.2, 0.25) is 0 Å². The first-order valence-electron chi connectivity index (χ1n) is 18.3. The Labute approximate surface area is 313 Å². The first kappa shape index (κ1) is 31.5. The lowest BCUT2D eigenvalue weighted by Crippen LogP contribution is -1.96. The summed E-state index contributed by atoms with van der Waals surface area (Å²) < 4.78 is 0. The van der Waals surface area contributed by atoms with Gasteiger partial charge in [-0.05, 0) is 63.4 Å². The van der Waals surface area contributed by atoms with Gasteiger partial charge >= 0.3 is 0 Å². The van der Waals surface area contributed by atoms with E-state index in [4.69, 9.17) is 15.0 Å². The van der Waals surface area contributed by atoms with Crippen LogP contribution in [-0.2, 0) is 0 Å². The lowest BCUT2D eigenvalue weighted by atomic mass is 9.94. The molecule has 0 saturated heterocycles. The van der Waals surface area contributed by atoms with Gasteiger partial charge in [0.15, 0.2) is 5.82 Å². The number of nitrogens with zero attached hydrogens (tertiary/aromatic N) is 3. The molecule has 8 aromatic carbocycles. The van der Waals surface area contributed by atoms with E-state index in [2.05, 4.69) is 188 Å². The molecular formula is C51H33N3. The third-order valence-electron chi connectivity index (χ3n) is 10.2. The number of fused-ring (bicyclic) bond motifs is 5. The first-order valence-corrected chi connectivity index (χ1v) is 18.3. The van der Waals surface area contributed by atoms with Gasteiger partial charge in [0.2, 0.25) is 0 Å². The molecule has 3 heteroatoms. The molecule has 0 aliphatic carbocycles. The molecule has 2 heterocycles. The second-order valence-electron chi connectivity index (χ2n) is 13.6. The molecule has 0 saturated carbocycles. The first-order chi connectivity index (χ1) is 26.7. The fourth-order valence-electron chi connectivity index (χ4n) is 7.60. The van der Waals surface area contributed by atoms with Gasteiger partial charge in [0.1, 0.15) is 0 Å². The van der Waals surface area contributed by atoms with Crippen molar-refractivity contribution in [3.05, 3.63) is 200 Å². The Morgan fingerprint density at radius 3 is 1.56 bits per heavy atom. The molecule has 0 atom stereocenters. The summed E-state index contributed by atoms with van der Waals surface area (Å²) in [5.41, 5.74) is 12.4. The molecule has 0 fully saturated rings. The standard InChI is InChI=1S/C51H33N3/c1-3-14-34(15-4-1)37-19-11-22-40(30-37)48-33-47(36-17-5-2-6-18-36)53-51(54-48)42-24-13-21-39(32-42)38-20-12-23-41(31-38)50-45-29-28-35-16-7-8-25-43(35)49(45)44-26-9-10-27-46(44)52-50/h1-33H.